The van der Waals surface area contributed by atoms with Crippen molar-refractivity contribution in [1.82, 2.24) is 4.90 Å². The predicted molar refractivity (Wildman–Crippen MR) is 88.0 cm³/mol. The van der Waals surface area contributed by atoms with Gasteiger partial charge in [0.25, 0.3) is 0 Å². The van der Waals surface area contributed by atoms with E-state index in [2.05, 4.69) is 18.7 Å². The summed E-state index contributed by atoms with van der Waals surface area (Å²) in [5.41, 5.74) is 0.265. The van der Waals surface area contributed by atoms with Gasteiger partial charge in [0.2, 0.25) is 0 Å². The van der Waals surface area contributed by atoms with E-state index in [1.165, 1.54) is 37.5 Å². The summed E-state index contributed by atoms with van der Waals surface area (Å²) in [5.74, 6) is -0.880. The lowest BCUT2D eigenvalue weighted by atomic mass is 9.97. The van der Waals surface area contributed by atoms with Gasteiger partial charge < -0.3 is 4.74 Å². The van der Waals surface area contributed by atoms with Crippen molar-refractivity contribution in [3.8, 4) is 0 Å². The van der Waals surface area contributed by atoms with Gasteiger partial charge in [-0.3, -0.25) is 4.90 Å². The Bertz CT molecular complexity index is 487. The highest BCUT2D eigenvalue weighted by Crippen LogP contribution is 2.23. The summed E-state index contributed by atoms with van der Waals surface area (Å²) >= 11 is 0. The molecular weight excluding hydrogens is 305 g/mol. The Balaban J connectivity index is 0.00000242. The molecule has 1 heterocycles. The summed E-state index contributed by atoms with van der Waals surface area (Å²) in [6.45, 7) is 7.06. The zero-order valence-electron chi connectivity index (χ0n) is 13.4. The molecule has 1 fully saturated rings. The number of carbonyl (C=O) groups is 1. The second kappa shape index (κ2) is 8.49. The monoisotopic (exact) mass is 329 g/mol. The number of carbonyl (C=O) groups excluding carboxylic acids is 1. The first-order valence-corrected chi connectivity index (χ1v) is 7.69. The number of hydrogen-bond acceptors (Lipinski definition) is 3. The Kier molecular flexibility index (Phi) is 7.30. The van der Waals surface area contributed by atoms with Crippen molar-refractivity contribution in [2.75, 3.05) is 6.54 Å². The Hall–Kier alpha value is -1.13. The quantitative estimate of drug-likeness (QED) is 0.780. The van der Waals surface area contributed by atoms with Crippen molar-refractivity contribution in [1.29, 1.82) is 0 Å². The minimum Gasteiger partial charge on any atom is -0.458 e. The van der Waals surface area contributed by atoms with Crippen molar-refractivity contribution in [2.24, 2.45) is 0 Å². The smallest absolute Gasteiger partial charge is 0.338 e. The number of hydrogen-bond donors (Lipinski definition) is 0. The van der Waals surface area contributed by atoms with Crippen LogP contribution in [-0.4, -0.2) is 35.6 Å². The first-order valence-electron chi connectivity index (χ1n) is 7.69. The lowest BCUT2D eigenvalue weighted by Gasteiger charge is -2.40. The molecular formula is C17H25ClFNO2. The number of likely N-dealkylation sites (tertiary alicyclic amines) is 1. The van der Waals surface area contributed by atoms with Gasteiger partial charge in [-0.25, -0.2) is 9.18 Å². The topological polar surface area (TPSA) is 29.5 Å². The van der Waals surface area contributed by atoms with Crippen LogP contribution in [0.15, 0.2) is 24.3 Å². The molecule has 0 saturated carbocycles. The minimum absolute atomic E-state index is 0. The van der Waals surface area contributed by atoms with E-state index in [1.807, 2.05) is 6.92 Å². The first-order chi connectivity index (χ1) is 9.97. The predicted octanol–water partition coefficient (Wildman–Crippen LogP) is 4.06. The maximum atomic E-state index is 13.1. The zero-order chi connectivity index (χ0) is 15.4. The number of nitrogens with zero attached hydrogens (tertiary/aromatic N) is 1. The average Bonchev–Trinajstić information content (AvgIpc) is 2.43. The second-order valence-electron chi connectivity index (χ2n) is 6.05. The van der Waals surface area contributed by atoms with E-state index < -0.39 is 11.8 Å². The molecule has 0 aromatic heterocycles. The van der Waals surface area contributed by atoms with Gasteiger partial charge in [0.15, 0.2) is 0 Å². The number of halogens is 2. The van der Waals surface area contributed by atoms with Crippen LogP contribution in [0.25, 0.3) is 0 Å². The summed E-state index contributed by atoms with van der Waals surface area (Å²) < 4.78 is 18.6. The molecule has 0 radical (unpaired) electrons. The zero-order valence-corrected chi connectivity index (χ0v) is 14.2. The van der Waals surface area contributed by atoms with E-state index >= 15 is 0 Å². The molecule has 1 aromatic carbocycles. The summed E-state index contributed by atoms with van der Waals surface area (Å²) in [6.07, 6.45) is 3.43. The van der Waals surface area contributed by atoms with Crippen LogP contribution in [0.1, 0.15) is 50.4 Å². The molecule has 3 unspecified atom stereocenters. The van der Waals surface area contributed by atoms with Crippen molar-refractivity contribution in [3.05, 3.63) is 35.6 Å². The maximum Gasteiger partial charge on any atom is 0.338 e. The summed E-state index contributed by atoms with van der Waals surface area (Å²) in [4.78, 5) is 14.4. The third kappa shape index (κ3) is 4.96. The van der Waals surface area contributed by atoms with E-state index in [0.717, 1.165) is 6.54 Å². The molecule has 3 atom stereocenters. The van der Waals surface area contributed by atoms with Gasteiger partial charge in [0.1, 0.15) is 11.9 Å². The number of esters is 1. The standard InChI is InChI=1S/C17H24FNO2.ClH/c1-12-6-4-7-13(2)19(12)11-14(3)21-17(20)15-8-5-9-16(18)10-15;/h5,8-10,12-14H,4,6-7,11H2,1-3H3;1H. The van der Waals surface area contributed by atoms with Crippen molar-refractivity contribution >= 4 is 18.4 Å². The lowest BCUT2D eigenvalue weighted by molar-refractivity contribution is 0.00808. The van der Waals surface area contributed by atoms with Crippen LogP contribution in [0.3, 0.4) is 0 Å². The number of ether oxygens (including phenoxy) is 1. The largest absolute Gasteiger partial charge is 0.458 e. The molecule has 1 saturated heterocycles. The van der Waals surface area contributed by atoms with Crippen molar-refractivity contribution in [2.45, 2.75) is 58.2 Å². The molecule has 1 aliphatic heterocycles. The summed E-state index contributed by atoms with van der Waals surface area (Å²) in [5, 5.41) is 0. The van der Waals surface area contributed by atoms with Crippen molar-refractivity contribution in [3.63, 3.8) is 0 Å². The van der Waals surface area contributed by atoms with Crippen LogP contribution in [0.4, 0.5) is 4.39 Å². The molecule has 2 rings (SSSR count). The molecule has 3 nitrogen and oxygen atoms in total. The Labute approximate surface area is 138 Å². The van der Waals surface area contributed by atoms with E-state index in [4.69, 9.17) is 4.74 Å². The van der Waals surface area contributed by atoms with Crippen LogP contribution in [0.5, 0.6) is 0 Å². The van der Waals surface area contributed by atoms with Crippen LogP contribution in [-0.2, 0) is 4.74 Å². The van der Waals surface area contributed by atoms with Crippen LogP contribution in [0, 0.1) is 5.82 Å². The molecule has 0 amide bonds. The highest BCUT2D eigenvalue weighted by Gasteiger charge is 2.27. The summed E-state index contributed by atoms with van der Waals surface area (Å²) in [7, 11) is 0. The highest BCUT2D eigenvalue weighted by atomic mass is 35.5. The van der Waals surface area contributed by atoms with Gasteiger partial charge in [0.05, 0.1) is 5.56 Å². The molecule has 124 valence electrons. The number of benzene rings is 1. The SMILES string of the molecule is CC(CN1C(C)CCCC1C)OC(=O)c1cccc(F)c1.Cl. The lowest BCUT2D eigenvalue weighted by Crippen LogP contribution is -2.47. The number of rotatable bonds is 4. The van der Waals surface area contributed by atoms with Crippen LogP contribution >= 0.6 is 12.4 Å². The van der Waals surface area contributed by atoms with Gasteiger partial charge >= 0.3 is 5.97 Å². The maximum absolute atomic E-state index is 13.1. The molecule has 5 heteroatoms. The van der Waals surface area contributed by atoms with Gasteiger partial charge in [0, 0.05) is 18.6 Å². The molecule has 1 aliphatic rings. The van der Waals surface area contributed by atoms with Gasteiger partial charge in [-0.2, -0.15) is 0 Å². The molecule has 0 bridgehead atoms. The van der Waals surface area contributed by atoms with Gasteiger partial charge in [-0.15, -0.1) is 12.4 Å². The second-order valence-corrected chi connectivity index (χ2v) is 6.05. The number of piperidine rings is 1. The molecule has 0 N–H and O–H groups in total. The van der Waals surface area contributed by atoms with Crippen LogP contribution < -0.4 is 0 Å². The Morgan fingerprint density at radius 1 is 1.36 bits per heavy atom. The first kappa shape index (κ1) is 18.9. The van der Waals surface area contributed by atoms with E-state index in [9.17, 15) is 9.18 Å². The Morgan fingerprint density at radius 3 is 2.59 bits per heavy atom. The third-order valence-electron chi connectivity index (χ3n) is 4.21. The highest BCUT2D eigenvalue weighted by molar-refractivity contribution is 5.89. The minimum atomic E-state index is -0.459. The van der Waals surface area contributed by atoms with Crippen molar-refractivity contribution < 1.29 is 13.9 Å². The van der Waals surface area contributed by atoms with Crippen LogP contribution in [0.2, 0.25) is 0 Å². The Morgan fingerprint density at radius 2 is 2.00 bits per heavy atom. The van der Waals surface area contributed by atoms with E-state index in [0.29, 0.717) is 12.1 Å². The molecule has 0 aliphatic carbocycles. The third-order valence-corrected chi connectivity index (χ3v) is 4.21. The van der Waals surface area contributed by atoms with Gasteiger partial charge in [-0.1, -0.05) is 12.5 Å². The summed E-state index contributed by atoms with van der Waals surface area (Å²) in [6, 6.07) is 6.65. The molecule has 0 spiro atoms. The van der Waals surface area contributed by atoms with E-state index in [1.54, 1.807) is 6.07 Å². The molecule has 22 heavy (non-hydrogen) atoms. The molecule has 1 aromatic rings. The fourth-order valence-corrected chi connectivity index (χ4v) is 3.04. The van der Waals surface area contributed by atoms with E-state index in [-0.39, 0.29) is 24.1 Å². The normalized spacial score (nSPS) is 23.5. The fourth-order valence-electron chi connectivity index (χ4n) is 3.04. The fraction of sp³-hybridized carbons (Fsp3) is 0.588. The van der Waals surface area contributed by atoms with Gasteiger partial charge in [-0.05, 0) is 51.8 Å². The average molecular weight is 330 g/mol.